The van der Waals surface area contributed by atoms with Gasteiger partial charge >= 0.3 is 5.97 Å². The Balaban J connectivity index is 2.18. The van der Waals surface area contributed by atoms with E-state index in [0.717, 1.165) is 0 Å². The minimum absolute atomic E-state index is 0.132. The van der Waals surface area contributed by atoms with Crippen LogP contribution >= 0.6 is 0 Å². The fraction of sp³-hybridized carbons (Fsp3) is 0.412. The summed E-state index contributed by atoms with van der Waals surface area (Å²) < 4.78 is 1.28. The van der Waals surface area contributed by atoms with Gasteiger partial charge in [0.1, 0.15) is 6.04 Å². The SMILES string of the molecule is CC(C)n1nc(C(=O)N2CCC[C@@H]2C(=O)O)c2ccccc2c1=O. The highest BCUT2D eigenvalue weighted by atomic mass is 16.4. The molecule has 0 spiro atoms. The van der Waals surface area contributed by atoms with Crippen LogP contribution < -0.4 is 5.56 Å². The molecule has 0 radical (unpaired) electrons. The van der Waals surface area contributed by atoms with Gasteiger partial charge in [0.05, 0.1) is 11.4 Å². The van der Waals surface area contributed by atoms with Gasteiger partial charge < -0.3 is 10.0 Å². The van der Waals surface area contributed by atoms with E-state index in [4.69, 9.17) is 0 Å². The van der Waals surface area contributed by atoms with Crippen molar-refractivity contribution in [1.82, 2.24) is 14.7 Å². The van der Waals surface area contributed by atoms with Gasteiger partial charge in [0.15, 0.2) is 5.69 Å². The molecule has 7 heteroatoms. The maximum atomic E-state index is 12.9. The number of nitrogens with zero attached hydrogens (tertiary/aromatic N) is 3. The second kappa shape index (κ2) is 6.07. The summed E-state index contributed by atoms with van der Waals surface area (Å²) in [5.41, 5.74) is -0.125. The number of aliphatic carboxylic acids is 1. The Bertz CT molecular complexity index is 872. The summed E-state index contributed by atoms with van der Waals surface area (Å²) >= 11 is 0. The van der Waals surface area contributed by atoms with Gasteiger partial charge in [-0.15, -0.1) is 0 Å². The summed E-state index contributed by atoms with van der Waals surface area (Å²) in [6, 6.07) is 5.76. The molecular weight excluding hydrogens is 310 g/mol. The van der Waals surface area contributed by atoms with E-state index in [2.05, 4.69) is 5.10 Å². The molecule has 0 bridgehead atoms. The molecule has 3 rings (SSSR count). The van der Waals surface area contributed by atoms with E-state index < -0.39 is 17.9 Å². The van der Waals surface area contributed by atoms with Crippen molar-refractivity contribution in [3.63, 3.8) is 0 Å². The van der Waals surface area contributed by atoms with Crippen LogP contribution in [0, 0.1) is 0 Å². The first-order chi connectivity index (χ1) is 11.4. The lowest BCUT2D eigenvalue weighted by Crippen LogP contribution is -2.41. The van der Waals surface area contributed by atoms with Crippen molar-refractivity contribution in [3.8, 4) is 0 Å². The van der Waals surface area contributed by atoms with Gasteiger partial charge in [-0.25, -0.2) is 9.48 Å². The monoisotopic (exact) mass is 329 g/mol. The van der Waals surface area contributed by atoms with Crippen LogP contribution in [0.5, 0.6) is 0 Å². The van der Waals surface area contributed by atoms with E-state index in [9.17, 15) is 19.5 Å². The number of benzene rings is 1. The lowest BCUT2D eigenvalue weighted by Gasteiger charge is -2.22. The maximum absolute atomic E-state index is 12.9. The van der Waals surface area contributed by atoms with Gasteiger partial charge in [0.2, 0.25) is 0 Å². The zero-order valence-corrected chi connectivity index (χ0v) is 13.6. The number of rotatable bonds is 3. The fourth-order valence-electron chi connectivity index (χ4n) is 3.12. The standard InChI is InChI=1S/C17H19N3O4/c1-10(2)20-15(21)12-7-4-3-6-11(12)14(18-20)16(22)19-9-5-8-13(19)17(23)24/h3-4,6-7,10,13H,5,8-9H2,1-2H3,(H,23,24)/t13-/m1/s1. The number of carboxylic acids is 1. The number of fused-ring (bicyclic) bond motifs is 1. The van der Waals surface area contributed by atoms with Crippen LogP contribution in [0.2, 0.25) is 0 Å². The van der Waals surface area contributed by atoms with Crippen molar-refractivity contribution in [1.29, 1.82) is 0 Å². The second-order valence-electron chi connectivity index (χ2n) is 6.23. The molecule has 24 heavy (non-hydrogen) atoms. The Morgan fingerprint density at radius 2 is 1.92 bits per heavy atom. The summed E-state index contributed by atoms with van der Waals surface area (Å²) in [5, 5.41) is 14.4. The van der Waals surface area contributed by atoms with Gasteiger partial charge in [-0.05, 0) is 32.8 Å². The summed E-state index contributed by atoms with van der Waals surface area (Å²) in [7, 11) is 0. The van der Waals surface area contributed by atoms with Crippen LogP contribution in [0.1, 0.15) is 43.2 Å². The average molecular weight is 329 g/mol. The van der Waals surface area contributed by atoms with Gasteiger partial charge in [-0.3, -0.25) is 9.59 Å². The molecule has 7 nitrogen and oxygen atoms in total. The largest absolute Gasteiger partial charge is 0.480 e. The van der Waals surface area contributed by atoms with Crippen molar-refractivity contribution < 1.29 is 14.7 Å². The molecule has 0 saturated carbocycles. The third kappa shape index (κ3) is 2.55. The fourth-order valence-corrected chi connectivity index (χ4v) is 3.12. The highest BCUT2D eigenvalue weighted by Gasteiger charge is 2.36. The molecule has 1 aliphatic rings. The zero-order chi connectivity index (χ0) is 17.4. The second-order valence-corrected chi connectivity index (χ2v) is 6.23. The van der Waals surface area contributed by atoms with Gasteiger partial charge in [-0.1, -0.05) is 18.2 Å². The number of aromatic nitrogens is 2. The van der Waals surface area contributed by atoms with Crippen molar-refractivity contribution in [2.75, 3.05) is 6.54 Å². The number of hydrogen-bond donors (Lipinski definition) is 1. The lowest BCUT2D eigenvalue weighted by atomic mass is 10.1. The normalized spacial score (nSPS) is 17.6. The maximum Gasteiger partial charge on any atom is 0.326 e. The van der Waals surface area contributed by atoms with Crippen LogP contribution in [0.15, 0.2) is 29.1 Å². The topological polar surface area (TPSA) is 92.5 Å². The minimum atomic E-state index is -1.01. The number of carboxylic acid groups (broad SMARTS) is 1. The Morgan fingerprint density at radius 1 is 1.25 bits per heavy atom. The van der Waals surface area contributed by atoms with Crippen LogP contribution in [0.25, 0.3) is 10.8 Å². The van der Waals surface area contributed by atoms with E-state index in [-0.39, 0.29) is 17.3 Å². The highest BCUT2D eigenvalue weighted by molar-refractivity contribution is 6.06. The van der Waals surface area contributed by atoms with Crippen molar-refractivity contribution in [2.45, 2.75) is 38.8 Å². The number of carbonyl (C=O) groups excluding carboxylic acids is 1. The third-order valence-electron chi connectivity index (χ3n) is 4.32. The lowest BCUT2D eigenvalue weighted by molar-refractivity contribution is -0.141. The van der Waals surface area contributed by atoms with Crippen LogP contribution in [-0.4, -0.2) is 44.3 Å². The minimum Gasteiger partial charge on any atom is -0.480 e. The summed E-state index contributed by atoms with van der Waals surface area (Å²) in [6.45, 7) is 4.01. The molecule has 1 saturated heterocycles. The van der Waals surface area contributed by atoms with E-state index in [1.165, 1.54) is 9.58 Å². The number of carbonyl (C=O) groups is 2. The quantitative estimate of drug-likeness (QED) is 0.924. The molecule has 0 aliphatic carbocycles. The summed E-state index contributed by atoms with van der Waals surface area (Å²) in [4.78, 5) is 38.2. The molecule has 1 aromatic heterocycles. The molecule has 1 aliphatic heterocycles. The molecule has 1 N–H and O–H groups in total. The van der Waals surface area contributed by atoms with Crippen LogP contribution in [0.4, 0.5) is 0 Å². The predicted octanol–water partition coefficient (Wildman–Crippen LogP) is 1.67. The van der Waals surface area contributed by atoms with Crippen molar-refractivity contribution in [3.05, 3.63) is 40.3 Å². The molecular formula is C17H19N3O4. The zero-order valence-electron chi connectivity index (χ0n) is 13.6. The van der Waals surface area contributed by atoms with Crippen LogP contribution in [0.3, 0.4) is 0 Å². The first-order valence-corrected chi connectivity index (χ1v) is 7.97. The molecule has 126 valence electrons. The number of likely N-dealkylation sites (tertiary alicyclic amines) is 1. The average Bonchev–Trinajstić information content (AvgIpc) is 3.04. The van der Waals surface area contributed by atoms with Crippen molar-refractivity contribution in [2.24, 2.45) is 0 Å². The first kappa shape index (κ1) is 16.2. The van der Waals surface area contributed by atoms with E-state index in [1.54, 1.807) is 24.3 Å². The number of hydrogen-bond acceptors (Lipinski definition) is 4. The molecule has 1 amide bonds. The Morgan fingerprint density at radius 3 is 2.54 bits per heavy atom. The van der Waals surface area contributed by atoms with Crippen molar-refractivity contribution >= 4 is 22.6 Å². The van der Waals surface area contributed by atoms with Gasteiger partial charge in [-0.2, -0.15) is 5.10 Å². The molecule has 2 heterocycles. The highest BCUT2D eigenvalue weighted by Crippen LogP contribution is 2.23. The van der Waals surface area contributed by atoms with E-state index in [1.807, 2.05) is 13.8 Å². The van der Waals surface area contributed by atoms with Gasteiger partial charge in [0, 0.05) is 11.9 Å². The first-order valence-electron chi connectivity index (χ1n) is 7.97. The van der Waals surface area contributed by atoms with Crippen LogP contribution in [-0.2, 0) is 4.79 Å². The molecule has 1 atom stereocenters. The summed E-state index contributed by atoms with van der Waals surface area (Å²) in [5.74, 6) is -1.45. The Labute approximate surface area is 138 Å². The van der Waals surface area contributed by atoms with Gasteiger partial charge in [0.25, 0.3) is 11.5 Å². The predicted molar refractivity (Wildman–Crippen MR) is 88.1 cm³/mol. The molecule has 1 fully saturated rings. The third-order valence-corrected chi connectivity index (χ3v) is 4.32. The Hall–Kier alpha value is -2.70. The molecule has 1 aromatic carbocycles. The van der Waals surface area contributed by atoms with E-state index >= 15 is 0 Å². The summed E-state index contributed by atoms with van der Waals surface area (Å²) in [6.07, 6.45) is 1.08. The smallest absolute Gasteiger partial charge is 0.326 e. The Kier molecular flexibility index (Phi) is 4.09. The molecule has 0 unspecified atom stereocenters. The van der Waals surface area contributed by atoms with E-state index in [0.29, 0.717) is 30.2 Å². The number of amides is 1. The molecule has 2 aromatic rings.